The molecule has 56 valence electrons. The summed E-state index contributed by atoms with van der Waals surface area (Å²) >= 11 is 0. The fourth-order valence-electron chi connectivity index (χ4n) is 0.546. The van der Waals surface area contributed by atoms with Gasteiger partial charge < -0.3 is 10.2 Å². The van der Waals surface area contributed by atoms with Crippen LogP contribution in [0.25, 0.3) is 0 Å². The lowest BCUT2D eigenvalue weighted by molar-refractivity contribution is -0.130. The van der Waals surface area contributed by atoms with Crippen LogP contribution in [0.4, 0.5) is 0 Å². The summed E-state index contributed by atoms with van der Waals surface area (Å²) in [6.45, 7) is 1.64. The van der Waals surface area contributed by atoms with E-state index in [0.29, 0.717) is 0 Å². The molecule has 0 aromatic rings. The van der Waals surface area contributed by atoms with Gasteiger partial charge in [0.2, 0.25) is 5.91 Å². The lowest BCUT2D eigenvalue weighted by Crippen LogP contribution is -2.39. The molecule has 1 N–H and O–H groups in total. The lowest BCUT2D eigenvalue weighted by atomic mass is 10.3. The molecule has 0 aromatic heterocycles. The van der Waals surface area contributed by atoms with Gasteiger partial charge in [-0.05, 0) is 6.92 Å². The van der Waals surface area contributed by atoms with Crippen LogP contribution in [0.2, 0.25) is 0 Å². The molecule has 0 saturated heterocycles. The second-order valence-electron chi connectivity index (χ2n) is 2.21. The molecule has 0 aliphatic rings. The molecule has 0 fully saturated rings. The molecule has 4 heteroatoms. The van der Waals surface area contributed by atoms with Crippen molar-refractivity contribution in [2.45, 2.75) is 13.0 Å². The second-order valence-corrected chi connectivity index (χ2v) is 2.21. The Kier molecular flexibility index (Phi) is 3.26. The lowest BCUT2D eigenvalue weighted by Gasteiger charge is -2.14. The van der Waals surface area contributed by atoms with Gasteiger partial charge in [0.15, 0.2) is 6.19 Å². The first kappa shape index (κ1) is 8.76. The molecule has 0 rings (SSSR count). The summed E-state index contributed by atoms with van der Waals surface area (Å²) in [5.41, 5.74) is 0. The topological polar surface area (TPSA) is 56.1 Å². The van der Waals surface area contributed by atoms with Crippen LogP contribution >= 0.6 is 0 Å². The average Bonchev–Trinajstić information content (AvgIpc) is 1.87. The maximum absolute atomic E-state index is 10.9. The minimum absolute atomic E-state index is 0.0958. The first-order valence-electron chi connectivity index (χ1n) is 2.95. The van der Waals surface area contributed by atoms with Crippen LogP contribution in [0.5, 0.6) is 0 Å². The number of carbonyl (C=O) groups excluding carboxylic acids is 1. The maximum atomic E-state index is 10.9. The predicted octanol–water partition coefficient (Wildman–Crippen LogP) is -0.466. The highest BCUT2D eigenvalue weighted by Gasteiger charge is 2.12. The smallest absolute Gasteiger partial charge is 0.244 e. The fraction of sp³-hybridized carbons (Fsp3) is 0.667. The van der Waals surface area contributed by atoms with Crippen molar-refractivity contribution >= 4 is 5.91 Å². The van der Waals surface area contributed by atoms with E-state index in [1.807, 2.05) is 0 Å². The van der Waals surface area contributed by atoms with Crippen molar-refractivity contribution in [3.05, 3.63) is 0 Å². The molecule has 0 spiro atoms. The van der Waals surface area contributed by atoms with E-state index in [1.165, 1.54) is 4.90 Å². The highest BCUT2D eigenvalue weighted by Crippen LogP contribution is 1.86. The molecule has 0 aliphatic carbocycles. The summed E-state index contributed by atoms with van der Waals surface area (Å²) < 4.78 is 0. The average molecular weight is 141 g/mol. The van der Waals surface area contributed by atoms with Gasteiger partial charge in [-0.2, -0.15) is 5.26 Å². The molecule has 0 aromatic carbocycles. The summed E-state index contributed by atoms with van der Waals surface area (Å²) in [4.78, 5) is 12.4. The number of hydrogen-bond acceptors (Lipinski definition) is 3. The van der Waals surface area contributed by atoms with Gasteiger partial charge in [-0.3, -0.25) is 4.79 Å². The Balaban J connectivity index is 3.85. The second kappa shape index (κ2) is 3.72. The van der Waals surface area contributed by atoms with E-state index < -0.39 is 6.04 Å². The largest absolute Gasteiger partial charge is 0.347 e. The van der Waals surface area contributed by atoms with Crippen molar-refractivity contribution in [2.24, 2.45) is 0 Å². The molecule has 0 bridgehead atoms. The Morgan fingerprint density at radius 1 is 1.70 bits per heavy atom. The van der Waals surface area contributed by atoms with Gasteiger partial charge in [-0.15, -0.1) is 0 Å². The Morgan fingerprint density at radius 3 is 2.50 bits per heavy atom. The molecule has 0 saturated carbocycles. The summed E-state index contributed by atoms with van der Waals surface area (Å²) in [5, 5.41) is 10.5. The first-order valence-corrected chi connectivity index (χ1v) is 2.95. The third-order valence-corrected chi connectivity index (χ3v) is 1.09. The quantitative estimate of drug-likeness (QED) is 0.418. The zero-order valence-electron chi connectivity index (χ0n) is 6.38. The van der Waals surface area contributed by atoms with Crippen LogP contribution in [-0.2, 0) is 4.79 Å². The Morgan fingerprint density at radius 2 is 2.20 bits per heavy atom. The van der Waals surface area contributed by atoms with E-state index in [4.69, 9.17) is 5.26 Å². The number of hydrogen-bond donors (Lipinski definition) is 1. The van der Waals surface area contributed by atoms with Gasteiger partial charge in [0.05, 0.1) is 0 Å². The predicted molar refractivity (Wildman–Crippen MR) is 36.9 cm³/mol. The monoisotopic (exact) mass is 141 g/mol. The first-order chi connectivity index (χ1) is 4.59. The number of rotatable bonds is 2. The molecule has 0 aliphatic heterocycles. The van der Waals surface area contributed by atoms with E-state index in [-0.39, 0.29) is 5.91 Å². The molecule has 1 amide bonds. The van der Waals surface area contributed by atoms with Gasteiger partial charge in [-0.1, -0.05) is 0 Å². The van der Waals surface area contributed by atoms with Crippen molar-refractivity contribution < 1.29 is 4.79 Å². The van der Waals surface area contributed by atoms with Crippen molar-refractivity contribution in [1.29, 1.82) is 5.26 Å². The standard InChI is InChI=1S/C6H11N3O/c1-5(8-4-7)6(10)9(2)3/h5,8H,1-3H3. The molecule has 0 heterocycles. The van der Waals surface area contributed by atoms with Crippen molar-refractivity contribution in [1.82, 2.24) is 10.2 Å². The number of amides is 1. The van der Waals surface area contributed by atoms with Gasteiger partial charge in [-0.25, -0.2) is 0 Å². The normalized spacial score (nSPS) is 11.4. The molecule has 10 heavy (non-hydrogen) atoms. The molecule has 0 radical (unpaired) electrons. The van der Waals surface area contributed by atoms with Crippen molar-refractivity contribution in [3.63, 3.8) is 0 Å². The number of nitrogens with one attached hydrogen (secondary N) is 1. The highest BCUT2D eigenvalue weighted by molar-refractivity contribution is 5.81. The van der Waals surface area contributed by atoms with Crippen LogP contribution in [0.15, 0.2) is 0 Å². The summed E-state index contributed by atoms with van der Waals surface area (Å²) in [5.74, 6) is -0.0958. The minimum Gasteiger partial charge on any atom is -0.347 e. The third-order valence-electron chi connectivity index (χ3n) is 1.09. The van der Waals surface area contributed by atoms with Crippen LogP contribution < -0.4 is 5.32 Å². The summed E-state index contributed by atoms with van der Waals surface area (Å²) in [7, 11) is 3.30. The Labute approximate surface area is 60.4 Å². The third kappa shape index (κ3) is 2.35. The molecule has 1 atom stereocenters. The summed E-state index contributed by atoms with van der Waals surface area (Å²) in [6, 6.07) is -0.417. The Bertz CT molecular complexity index is 159. The number of likely N-dealkylation sites (N-methyl/N-ethyl adjacent to an activating group) is 1. The minimum atomic E-state index is -0.417. The van der Waals surface area contributed by atoms with Crippen LogP contribution in [0.1, 0.15) is 6.92 Å². The fourth-order valence-corrected chi connectivity index (χ4v) is 0.546. The molecular formula is C6H11N3O. The van der Waals surface area contributed by atoms with E-state index in [2.05, 4.69) is 5.32 Å². The Hall–Kier alpha value is -1.24. The van der Waals surface area contributed by atoms with E-state index >= 15 is 0 Å². The van der Waals surface area contributed by atoms with Crippen LogP contribution in [0.3, 0.4) is 0 Å². The van der Waals surface area contributed by atoms with E-state index in [1.54, 1.807) is 27.2 Å². The van der Waals surface area contributed by atoms with Crippen molar-refractivity contribution in [2.75, 3.05) is 14.1 Å². The number of carbonyl (C=O) groups is 1. The molecule has 1 unspecified atom stereocenters. The zero-order valence-corrected chi connectivity index (χ0v) is 6.38. The maximum Gasteiger partial charge on any atom is 0.244 e. The van der Waals surface area contributed by atoms with Crippen LogP contribution in [-0.4, -0.2) is 30.9 Å². The van der Waals surface area contributed by atoms with Crippen molar-refractivity contribution in [3.8, 4) is 6.19 Å². The van der Waals surface area contributed by atoms with Gasteiger partial charge in [0, 0.05) is 14.1 Å². The molecular weight excluding hydrogens is 130 g/mol. The number of nitriles is 1. The van der Waals surface area contributed by atoms with Gasteiger partial charge in [0.1, 0.15) is 6.04 Å². The molecule has 4 nitrogen and oxygen atoms in total. The van der Waals surface area contributed by atoms with Crippen LogP contribution in [0, 0.1) is 11.5 Å². The van der Waals surface area contributed by atoms with Gasteiger partial charge in [0.25, 0.3) is 0 Å². The van der Waals surface area contributed by atoms with Gasteiger partial charge >= 0.3 is 0 Å². The zero-order chi connectivity index (χ0) is 8.15. The SMILES string of the molecule is CC(NC#N)C(=O)N(C)C. The van der Waals surface area contributed by atoms with E-state index in [0.717, 1.165) is 0 Å². The van der Waals surface area contributed by atoms with E-state index in [9.17, 15) is 4.79 Å². The highest BCUT2D eigenvalue weighted by atomic mass is 16.2. The summed E-state index contributed by atoms with van der Waals surface area (Å²) in [6.07, 6.45) is 1.71. The number of nitrogens with zero attached hydrogens (tertiary/aromatic N) is 2.